The Labute approximate surface area is 158 Å². The second kappa shape index (κ2) is 11.1. The highest BCUT2D eigenvalue weighted by atomic mass is 32.2. The predicted molar refractivity (Wildman–Crippen MR) is 107 cm³/mol. The number of ketones is 1. The number of rotatable bonds is 5. The smallest absolute Gasteiger partial charge is 0.159 e. The van der Waals surface area contributed by atoms with Gasteiger partial charge in [-0.15, -0.1) is 0 Å². The molecule has 136 valence electrons. The molecule has 2 aromatic rings. The maximum Gasteiger partial charge on any atom is 0.159 e. The van der Waals surface area contributed by atoms with Crippen molar-refractivity contribution in [1.29, 1.82) is 5.26 Å². The molecule has 0 aliphatic rings. The van der Waals surface area contributed by atoms with Crippen LogP contribution in [-0.2, 0) is 10.8 Å². The van der Waals surface area contributed by atoms with Crippen molar-refractivity contribution in [3.05, 3.63) is 65.2 Å². The van der Waals surface area contributed by atoms with Gasteiger partial charge in [0.15, 0.2) is 5.78 Å². The zero-order chi connectivity index (χ0) is 19.5. The second-order valence-corrected chi connectivity index (χ2v) is 7.03. The van der Waals surface area contributed by atoms with Crippen LogP contribution in [0.3, 0.4) is 0 Å². The van der Waals surface area contributed by atoms with Crippen molar-refractivity contribution in [3.8, 4) is 6.07 Å². The summed E-state index contributed by atoms with van der Waals surface area (Å²) in [6.07, 6.45) is 3.77. The van der Waals surface area contributed by atoms with Crippen molar-refractivity contribution in [2.45, 2.75) is 31.6 Å². The van der Waals surface area contributed by atoms with Gasteiger partial charge in [0, 0.05) is 40.3 Å². The van der Waals surface area contributed by atoms with E-state index in [-0.39, 0.29) is 5.78 Å². The lowest BCUT2D eigenvalue weighted by atomic mass is 10.1. The van der Waals surface area contributed by atoms with Crippen LogP contribution in [0.5, 0.6) is 0 Å². The normalized spacial score (nSPS) is 11.7. The van der Waals surface area contributed by atoms with Crippen LogP contribution in [0.4, 0.5) is 0 Å². The number of Topliss-reactive ketones (excluding diaryl/α,β-unsaturated/α-hetero) is 1. The van der Waals surface area contributed by atoms with E-state index in [0.717, 1.165) is 29.0 Å². The quantitative estimate of drug-likeness (QED) is 0.580. The molecular formula is C21H24N2O2S. The summed E-state index contributed by atoms with van der Waals surface area (Å²) in [6.45, 7) is 3.62. The van der Waals surface area contributed by atoms with Gasteiger partial charge in [0.1, 0.15) is 0 Å². The van der Waals surface area contributed by atoms with Gasteiger partial charge < -0.3 is 0 Å². The van der Waals surface area contributed by atoms with Crippen molar-refractivity contribution in [2.24, 2.45) is 4.99 Å². The summed E-state index contributed by atoms with van der Waals surface area (Å²) in [4.78, 5) is 15.9. The van der Waals surface area contributed by atoms with E-state index in [2.05, 4.69) is 11.9 Å². The van der Waals surface area contributed by atoms with Crippen LogP contribution < -0.4 is 0 Å². The summed E-state index contributed by atoms with van der Waals surface area (Å²) in [5, 5.41) is 8.48. The molecule has 1 atom stereocenters. The highest BCUT2D eigenvalue weighted by Crippen LogP contribution is 2.11. The van der Waals surface area contributed by atoms with E-state index < -0.39 is 10.8 Å². The fraction of sp³-hybridized carbons (Fsp3) is 0.286. The average molecular weight is 369 g/mol. The van der Waals surface area contributed by atoms with Crippen LogP contribution in [0.15, 0.2) is 58.4 Å². The van der Waals surface area contributed by atoms with Gasteiger partial charge in [-0.1, -0.05) is 37.6 Å². The van der Waals surface area contributed by atoms with Gasteiger partial charge in [-0.25, -0.2) is 0 Å². The Balaban J connectivity index is 0.000000273. The van der Waals surface area contributed by atoms with Crippen molar-refractivity contribution in [1.82, 2.24) is 0 Å². The molecular weight excluding hydrogens is 344 g/mol. The molecule has 0 aromatic heterocycles. The number of hydrogen-bond acceptors (Lipinski definition) is 4. The number of aliphatic imine (C=N–C) groups is 1. The zero-order valence-electron chi connectivity index (χ0n) is 15.7. The third-order valence-electron chi connectivity index (χ3n) is 3.67. The van der Waals surface area contributed by atoms with Crippen molar-refractivity contribution in [2.75, 3.05) is 13.3 Å². The molecule has 0 saturated carbocycles. The summed E-state index contributed by atoms with van der Waals surface area (Å²) >= 11 is 0. The zero-order valence-corrected chi connectivity index (χ0v) is 16.5. The Morgan fingerprint density at radius 2 is 1.81 bits per heavy atom. The lowest BCUT2D eigenvalue weighted by Gasteiger charge is -2.05. The minimum absolute atomic E-state index is 0.0119. The number of hydrogen-bond donors (Lipinski definition) is 0. The molecule has 1 unspecified atom stereocenters. The van der Waals surface area contributed by atoms with Crippen molar-refractivity contribution in [3.63, 3.8) is 0 Å². The molecule has 0 radical (unpaired) electrons. The van der Waals surface area contributed by atoms with Crippen LogP contribution in [0.1, 0.15) is 48.2 Å². The third-order valence-corrected chi connectivity index (χ3v) is 4.61. The average Bonchev–Trinajstić information content (AvgIpc) is 2.66. The Kier molecular flexibility index (Phi) is 9.18. The van der Waals surface area contributed by atoms with Crippen LogP contribution in [0.2, 0.25) is 0 Å². The minimum Gasteiger partial charge on any atom is -0.295 e. The highest BCUT2D eigenvalue weighted by Gasteiger charge is 2.03. The largest absolute Gasteiger partial charge is 0.295 e. The molecule has 0 N–H and O–H groups in total. The summed E-state index contributed by atoms with van der Waals surface area (Å²) in [5.74, 6) is -0.0119. The van der Waals surface area contributed by atoms with Gasteiger partial charge in [0.2, 0.25) is 0 Å². The van der Waals surface area contributed by atoms with Gasteiger partial charge in [-0.3, -0.25) is 14.0 Å². The third kappa shape index (κ3) is 6.73. The van der Waals surface area contributed by atoms with Crippen LogP contribution in [-0.4, -0.2) is 29.0 Å². The molecule has 0 saturated heterocycles. The lowest BCUT2D eigenvalue weighted by molar-refractivity contribution is 0.101. The van der Waals surface area contributed by atoms with Crippen LogP contribution >= 0.6 is 0 Å². The van der Waals surface area contributed by atoms with Crippen molar-refractivity contribution >= 4 is 22.3 Å². The molecule has 0 bridgehead atoms. The summed E-state index contributed by atoms with van der Waals surface area (Å²) in [5.41, 5.74) is 3.36. The monoisotopic (exact) mass is 368 g/mol. The molecule has 0 spiro atoms. The first-order valence-corrected chi connectivity index (χ1v) is 9.89. The molecule has 4 nitrogen and oxygen atoms in total. The van der Waals surface area contributed by atoms with Gasteiger partial charge in [-0.05, 0) is 43.2 Å². The molecule has 2 rings (SSSR count). The molecule has 0 aliphatic carbocycles. The van der Waals surface area contributed by atoms with Crippen LogP contribution in [0, 0.1) is 11.3 Å². The van der Waals surface area contributed by atoms with Gasteiger partial charge in [0.05, 0.1) is 11.6 Å². The highest BCUT2D eigenvalue weighted by molar-refractivity contribution is 7.84. The van der Waals surface area contributed by atoms with Crippen molar-refractivity contribution < 1.29 is 9.00 Å². The first-order chi connectivity index (χ1) is 12.4. The SMILES string of the molecule is CC(=O)c1cccc(C#N)c1.CCCC(=NC)c1ccc(S(C)=O)cc1. The topological polar surface area (TPSA) is 70.3 Å². The maximum absolute atomic E-state index is 11.2. The standard InChI is InChI=1S/C12H17NOS.C9H7NO/c1-4-5-12(13-2)10-6-8-11(9-7-10)15(3)14;1-7(11)9-4-2-3-8(5-9)6-10/h6-9H,4-5H2,1-3H3;2-5H,1H3. The van der Waals surface area contributed by atoms with E-state index in [1.54, 1.807) is 30.5 Å². The molecule has 0 fully saturated rings. The molecule has 2 aromatic carbocycles. The van der Waals surface area contributed by atoms with E-state index in [4.69, 9.17) is 5.26 Å². The fourth-order valence-electron chi connectivity index (χ4n) is 2.27. The maximum atomic E-state index is 11.2. The fourth-order valence-corrected chi connectivity index (χ4v) is 2.79. The van der Waals surface area contributed by atoms with E-state index in [0.29, 0.717) is 11.1 Å². The summed E-state index contributed by atoms with van der Waals surface area (Å²) in [6, 6.07) is 16.4. The van der Waals surface area contributed by atoms with Crippen LogP contribution in [0.25, 0.3) is 0 Å². The second-order valence-electron chi connectivity index (χ2n) is 5.65. The first kappa shape index (κ1) is 21.5. The molecule has 0 heterocycles. The van der Waals surface area contributed by atoms with Gasteiger partial charge in [0.25, 0.3) is 0 Å². The van der Waals surface area contributed by atoms with Gasteiger partial charge in [-0.2, -0.15) is 5.26 Å². The Bertz CT molecular complexity index is 834. The number of carbonyl (C=O) groups excluding carboxylic acids is 1. The molecule has 0 aliphatic heterocycles. The number of nitrogens with zero attached hydrogens (tertiary/aromatic N) is 2. The van der Waals surface area contributed by atoms with E-state index in [1.807, 2.05) is 37.4 Å². The van der Waals surface area contributed by atoms with E-state index in [9.17, 15) is 9.00 Å². The van der Waals surface area contributed by atoms with Gasteiger partial charge >= 0.3 is 0 Å². The number of benzene rings is 2. The lowest BCUT2D eigenvalue weighted by Crippen LogP contribution is -2.00. The molecule has 5 heteroatoms. The Morgan fingerprint density at radius 1 is 1.15 bits per heavy atom. The predicted octanol–water partition coefficient (Wildman–Crippen LogP) is 4.40. The number of nitriles is 1. The molecule has 0 amide bonds. The van der Waals surface area contributed by atoms with E-state index >= 15 is 0 Å². The summed E-state index contributed by atoms with van der Waals surface area (Å²) < 4.78 is 11.2. The summed E-state index contributed by atoms with van der Waals surface area (Å²) in [7, 11) is 0.920. The Morgan fingerprint density at radius 3 is 2.27 bits per heavy atom. The van der Waals surface area contributed by atoms with E-state index in [1.165, 1.54) is 6.92 Å². The Hall–Kier alpha value is -2.58. The minimum atomic E-state index is -0.896. The number of carbonyl (C=O) groups is 1. The first-order valence-electron chi connectivity index (χ1n) is 8.33. The molecule has 26 heavy (non-hydrogen) atoms.